The Hall–Kier alpha value is -0.530. The fourth-order valence-electron chi connectivity index (χ4n) is 0.547. The van der Waals surface area contributed by atoms with Gasteiger partial charge in [-0.1, -0.05) is 0 Å². The van der Waals surface area contributed by atoms with Gasteiger partial charge in [0, 0.05) is 6.04 Å². The van der Waals surface area contributed by atoms with Crippen molar-refractivity contribution in [1.82, 2.24) is 5.32 Å². The molecule has 2 heteroatoms. The Kier molecular flexibility index (Phi) is 1.01. The third-order valence-corrected chi connectivity index (χ3v) is 1.37. The van der Waals surface area contributed by atoms with E-state index in [2.05, 4.69) is 24.2 Å². The predicted octanol–water partition coefficient (Wildman–Crippen LogP) is 0.395. The maximum atomic E-state index is 4.08. The molecule has 0 saturated carbocycles. The summed E-state index contributed by atoms with van der Waals surface area (Å²) in [4.78, 5) is 4.08. The molecule has 1 aliphatic rings. The van der Waals surface area contributed by atoms with Crippen LogP contribution in [-0.2, 0) is 0 Å². The summed E-state index contributed by atoms with van der Waals surface area (Å²) in [6, 6.07) is 1.01. The van der Waals surface area contributed by atoms with Crippen LogP contribution >= 0.6 is 0 Å². The molecule has 0 spiro atoms. The van der Waals surface area contributed by atoms with Gasteiger partial charge in [0.05, 0.1) is 12.4 Å². The molecule has 1 N–H and O–H groups in total. The summed E-state index contributed by atoms with van der Waals surface area (Å²) in [5.41, 5.74) is 0. The Morgan fingerprint density at radius 1 is 1.57 bits per heavy atom. The minimum atomic E-state index is 0.472. The number of rotatable bonds is 0. The van der Waals surface area contributed by atoms with Gasteiger partial charge >= 0.3 is 0 Å². The predicted molar refractivity (Wildman–Crippen MR) is 30.6 cm³/mol. The molecule has 0 fully saturated rings. The zero-order valence-corrected chi connectivity index (χ0v) is 4.68. The van der Waals surface area contributed by atoms with Crippen LogP contribution in [0.15, 0.2) is 4.99 Å². The van der Waals surface area contributed by atoms with Gasteiger partial charge in [0.15, 0.2) is 0 Å². The van der Waals surface area contributed by atoms with Gasteiger partial charge in [-0.15, -0.1) is 0 Å². The molecule has 1 heterocycles. The highest BCUT2D eigenvalue weighted by atomic mass is 15.1. The fraction of sp³-hybridized carbons (Fsp3) is 0.800. The minimum absolute atomic E-state index is 0.472. The average molecular weight is 98.1 g/mol. The third kappa shape index (κ3) is 0.734. The normalized spacial score (nSPS) is 38.6. The molecule has 0 aromatic heterocycles. The van der Waals surface area contributed by atoms with Crippen molar-refractivity contribution in [3.8, 4) is 0 Å². The first-order valence-electron chi connectivity index (χ1n) is 2.58. The summed E-state index contributed by atoms with van der Waals surface area (Å²) < 4.78 is 0. The molecule has 0 aromatic carbocycles. The van der Waals surface area contributed by atoms with Crippen LogP contribution in [-0.4, -0.2) is 18.4 Å². The molecule has 0 saturated heterocycles. The van der Waals surface area contributed by atoms with Crippen LogP contribution < -0.4 is 5.32 Å². The second kappa shape index (κ2) is 1.52. The molecule has 2 unspecified atom stereocenters. The van der Waals surface area contributed by atoms with Crippen LogP contribution in [0.2, 0.25) is 0 Å². The molecule has 7 heavy (non-hydrogen) atoms. The lowest BCUT2D eigenvalue weighted by atomic mass is 10.2. The quantitative estimate of drug-likeness (QED) is 0.466. The molecule has 0 radical (unpaired) electrons. The molecular formula is C5H10N2. The standard InChI is InChI=1S/C5H10N2/c1-4-5(2)7-3-6-4/h3-5H,1-2H3,(H,6,7). The number of hydrogen-bond donors (Lipinski definition) is 1. The summed E-state index contributed by atoms with van der Waals surface area (Å²) in [7, 11) is 0. The number of nitrogens with one attached hydrogen (secondary N) is 1. The van der Waals surface area contributed by atoms with Crippen LogP contribution in [0.3, 0.4) is 0 Å². The van der Waals surface area contributed by atoms with Gasteiger partial charge < -0.3 is 5.32 Å². The Bertz CT molecular complexity index is 88.1. The van der Waals surface area contributed by atoms with E-state index in [9.17, 15) is 0 Å². The lowest BCUT2D eigenvalue weighted by molar-refractivity contribution is 0.602. The van der Waals surface area contributed by atoms with Crippen molar-refractivity contribution in [1.29, 1.82) is 0 Å². The molecule has 1 aliphatic heterocycles. The summed E-state index contributed by atoms with van der Waals surface area (Å²) in [5, 5.41) is 3.08. The minimum Gasteiger partial charge on any atom is -0.372 e. The van der Waals surface area contributed by atoms with Gasteiger partial charge in [-0.05, 0) is 13.8 Å². The number of aliphatic imine (C=N–C) groups is 1. The third-order valence-electron chi connectivity index (χ3n) is 1.37. The molecule has 2 nitrogen and oxygen atoms in total. The van der Waals surface area contributed by atoms with E-state index in [4.69, 9.17) is 0 Å². The smallest absolute Gasteiger partial charge is 0.0830 e. The van der Waals surface area contributed by atoms with Gasteiger partial charge in [-0.2, -0.15) is 0 Å². The van der Waals surface area contributed by atoms with Crippen molar-refractivity contribution in [2.24, 2.45) is 4.99 Å². The van der Waals surface area contributed by atoms with E-state index in [1.54, 1.807) is 6.34 Å². The van der Waals surface area contributed by atoms with Crippen molar-refractivity contribution in [3.05, 3.63) is 0 Å². The van der Waals surface area contributed by atoms with Crippen molar-refractivity contribution in [2.75, 3.05) is 0 Å². The zero-order valence-electron chi connectivity index (χ0n) is 4.68. The lowest BCUT2D eigenvalue weighted by Gasteiger charge is -2.04. The van der Waals surface area contributed by atoms with Crippen LogP contribution in [0.4, 0.5) is 0 Å². The molecule has 0 aromatic rings. The van der Waals surface area contributed by atoms with Crippen LogP contribution in [0, 0.1) is 0 Å². The van der Waals surface area contributed by atoms with E-state index in [1.165, 1.54) is 0 Å². The second-order valence-electron chi connectivity index (χ2n) is 1.97. The second-order valence-corrected chi connectivity index (χ2v) is 1.97. The molecule has 2 atom stereocenters. The van der Waals surface area contributed by atoms with Crippen molar-refractivity contribution in [3.63, 3.8) is 0 Å². The summed E-state index contributed by atoms with van der Waals surface area (Å²) in [6.45, 7) is 4.22. The Morgan fingerprint density at radius 2 is 2.29 bits per heavy atom. The van der Waals surface area contributed by atoms with Gasteiger partial charge in [-0.25, -0.2) is 0 Å². The maximum absolute atomic E-state index is 4.08. The molecular weight excluding hydrogens is 88.1 g/mol. The van der Waals surface area contributed by atoms with Crippen molar-refractivity contribution in [2.45, 2.75) is 25.9 Å². The first kappa shape index (κ1) is 4.62. The van der Waals surface area contributed by atoms with Crippen LogP contribution in [0.1, 0.15) is 13.8 Å². The molecule has 1 rings (SSSR count). The topological polar surface area (TPSA) is 24.4 Å². The van der Waals surface area contributed by atoms with E-state index in [0.717, 1.165) is 0 Å². The average Bonchev–Trinajstić information content (AvgIpc) is 1.91. The van der Waals surface area contributed by atoms with Gasteiger partial charge in [0.2, 0.25) is 0 Å². The maximum Gasteiger partial charge on any atom is 0.0830 e. The molecule has 40 valence electrons. The van der Waals surface area contributed by atoms with Gasteiger partial charge in [0.1, 0.15) is 0 Å². The first-order valence-corrected chi connectivity index (χ1v) is 2.58. The van der Waals surface area contributed by atoms with Crippen molar-refractivity contribution >= 4 is 6.34 Å². The van der Waals surface area contributed by atoms with E-state index < -0.39 is 0 Å². The highest BCUT2D eigenvalue weighted by Crippen LogP contribution is 1.99. The number of hydrogen-bond acceptors (Lipinski definition) is 2. The highest BCUT2D eigenvalue weighted by molar-refractivity contribution is 5.57. The van der Waals surface area contributed by atoms with E-state index in [-0.39, 0.29) is 0 Å². The largest absolute Gasteiger partial charge is 0.372 e. The monoisotopic (exact) mass is 98.1 g/mol. The van der Waals surface area contributed by atoms with Gasteiger partial charge in [0.25, 0.3) is 0 Å². The summed E-state index contributed by atoms with van der Waals surface area (Å²) in [6.07, 6.45) is 1.77. The van der Waals surface area contributed by atoms with Crippen LogP contribution in [0.5, 0.6) is 0 Å². The number of nitrogens with zero attached hydrogens (tertiary/aromatic N) is 1. The summed E-state index contributed by atoms with van der Waals surface area (Å²) in [5.74, 6) is 0. The van der Waals surface area contributed by atoms with Crippen molar-refractivity contribution < 1.29 is 0 Å². The molecule has 0 bridgehead atoms. The lowest BCUT2D eigenvalue weighted by Crippen LogP contribution is -2.25. The summed E-state index contributed by atoms with van der Waals surface area (Å²) >= 11 is 0. The van der Waals surface area contributed by atoms with E-state index >= 15 is 0 Å². The fourth-order valence-corrected chi connectivity index (χ4v) is 0.547. The van der Waals surface area contributed by atoms with E-state index in [0.29, 0.717) is 12.1 Å². The van der Waals surface area contributed by atoms with Crippen LogP contribution in [0.25, 0.3) is 0 Å². The SMILES string of the molecule is CC1N=CNC1C. The van der Waals surface area contributed by atoms with Gasteiger partial charge in [-0.3, -0.25) is 4.99 Å². The Labute approximate surface area is 43.6 Å². The highest BCUT2D eigenvalue weighted by Gasteiger charge is 2.11. The Balaban J connectivity index is 2.45. The first-order chi connectivity index (χ1) is 3.30. The zero-order chi connectivity index (χ0) is 5.28. The molecule has 0 amide bonds. The Morgan fingerprint density at radius 3 is 2.43 bits per heavy atom. The van der Waals surface area contributed by atoms with E-state index in [1.807, 2.05) is 0 Å². The molecule has 0 aliphatic carbocycles.